The van der Waals surface area contributed by atoms with Gasteiger partial charge >= 0.3 is 12.0 Å². The Morgan fingerprint density at radius 2 is 1.55 bits per heavy atom. The summed E-state index contributed by atoms with van der Waals surface area (Å²) >= 11 is 3.34. The van der Waals surface area contributed by atoms with Gasteiger partial charge in [0, 0.05) is 15.6 Å². The average Bonchev–Trinajstić information content (AvgIpc) is 2.72. The maximum absolute atomic E-state index is 13.4. The molecule has 0 unspecified atom stereocenters. The summed E-state index contributed by atoms with van der Waals surface area (Å²) in [5.74, 6) is -1.65. The van der Waals surface area contributed by atoms with Gasteiger partial charge in [0.25, 0.3) is 0 Å². The highest BCUT2D eigenvalue weighted by molar-refractivity contribution is 9.10. The summed E-state index contributed by atoms with van der Waals surface area (Å²) in [6.07, 6.45) is 0.341. The molecule has 0 aliphatic carbocycles. The predicted octanol–water partition coefficient (Wildman–Crippen LogP) is 5.13. The zero-order valence-electron chi connectivity index (χ0n) is 19.6. The molecule has 0 fully saturated rings. The molecular formula is C25H32BrN3O4. The summed E-state index contributed by atoms with van der Waals surface area (Å²) in [4.78, 5) is 38.7. The monoisotopic (exact) mass is 517 g/mol. The highest BCUT2D eigenvalue weighted by Gasteiger charge is 2.52. The Balaban J connectivity index is 2.33. The molecule has 2 aromatic rings. The molecule has 2 aromatic carbocycles. The van der Waals surface area contributed by atoms with Crippen LogP contribution in [0.5, 0.6) is 0 Å². The Kier molecular flexibility index (Phi) is 8.66. The minimum absolute atomic E-state index is 0.0827. The van der Waals surface area contributed by atoms with Crippen LogP contribution < -0.4 is 16.0 Å². The molecule has 33 heavy (non-hydrogen) atoms. The van der Waals surface area contributed by atoms with Gasteiger partial charge in [0.05, 0.1) is 0 Å². The smallest absolute Gasteiger partial charge is 0.334 e. The second-order valence-electron chi connectivity index (χ2n) is 9.45. The standard InChI is InChI=1S/C25H32BrN3O4/c1-16(2)15-20(28-23(33)27-19-13-11-18(26)12-14-19)21(30)29-25(22(31)32,24(3,4)5)17-9-7-6-8-10-17/h6-14,16,20H,15H2,1-5H3,(H,29,30)(H,31,32)(H2,27,28,33)/t20-,25-/m0/s1. The summed E-state index contributed by atoms with van der Waals surface area (Å²) in [6, 6.07) is 14.2. The Hall–Kier alpha value is -2.87. The quantitative estimate of drug-likeness (QED) is 0.389. The SMILES string of the molecule is CC(C)C[C@H](NC(=O)Nc1ccc(Br)cc1)C(=O)N[C@](C(=O)O)(c1ccccc1)C(C)(C)C. The van der Waals surface area contributed by atoms with E-state index in [0.717, 1.165) is 4.47 Å². The van der Waals surface area contributed by atoms with E-state index in [1.165, 1.54) is 0 Å². The Morgan fingerprint density at radius 1 is 0.970 bits per heavy atom. The van der Waals surface area contributed by atoms with Crippen LogP contribution in [0.3, 0.4) is 0 Å². The number of anilines is 1. The number of rotatable bonds is 8. The van der Waals surface area contributed by atoms with Crippen molar-refractivity contribution in [3.8, 4) is 0 Å². The zero-order valence-corrected chi connectivity index (χ0v) is 21.2. The molecule has 0 heterocycles. The van der Waals surface area contributed by atoms with Crippen molar-refractivity contribution in [3.63, 3.8) is 0 Å². The third-order valence-electron chi connectivity index (χ3n) is 5.39. The van der Waals surface area contributed by atoms with Gasteiger partial charge in [-0.25, -0.2) is 9.59 Å². The van der Waals surface area contributed by atoms with E-state index in [-0.39, 0.29) is 5.92 Å². The second-order valence-corrected chi connectivity index (χ2v) is 10.4. The number of carbonyl (C=O) groups is 3. The Labute approximate surface area is 203 Å². The number of hydrogen-bond donors (Lipinski definition) is 4. The fourth-order valence-corrected chi connectivity index (χ4v) is 3.98. The number of amides is 3. The van der Waals surface area contributed by atoms with Crippen molar-refractivity contribution >= 4 is 39.5 Å². The largest absolute Gasteiger partial charge is 0.479 e. The molecule has 8 heteroatoms. The number of nitrogens with one attached hydrogen (secondary N) is 3. The molecular weight excluding hydrogens is 486 g/mol. The third kappa shape index (κ3) is 6.57. The van der Waals surface area contributed by atoms with E-state index in [0.29, 0.717) is 17.7 Å². The van der Waals surface area contributed by atoms with Crippen molar-refractivity contribution in [2.24, 2.45) is 11.3 Å². The molecule has 0 radical (unpaired) electrons. The van der Waals surface area contributed by atoms with Gasteiger partial charge in [0.1, 0.15) is 6.04 Å². The van der Waals surface area contributed by atoms with Crippen molar-refractivity contribution in [2.45, 2.75) is 52.6 Å². The summed E-state index contributed by atoms with van der Waals surface area (Å²) in [5.41, 5.74) is -1.53. The number of halogens is 1. The average molecular weight is 518 g/mol. The first-order chi connectivity index (χ1) is 15.4. The summed E-state index contributed by atoms with van der Waals surface area (Å²) < 4.78 is 0.874. The van der Waals surface area contributed by atoms with Gasteiger partial charge in [0.15, 0.2) is 5.54 Å². The van der Waals surface area contributed by atoms with E-state index in [4.69, 9.17) is 0 Å². The van der Waals surface area contributed by atoms with Gasteiger partial charge in [-0.1, -0.05) is 80.9 Å². The van der Waals surface area contributed by atoms with E-state index in [2.05, 4.69) is 31.9 Å². The van der Waals surface area contributed by atoms with Crippen LogP contribution in [0.15, 0.2) is 59.1 Å². The number of carbonyl (C=O) groups excluding carboxylic acids is 2. The van der Waals surface area contributed by atoms with Gasteiger partial charge in [-0.2, -0.15) is 0 Å². The van der Waals surface area contributed by atoms with Crippen LogP contribution in [0.4, 0.5) is 10.5 Å². The lowest BCUT2D eigenvalue weighted by Crippen LogP contribution is -2.63. The number of hydrogen-bond acceptors (Lipinski definition) is 3. The fourth-order valence-electron chi connectivity index (χ4n) is 3.71. The van der Waals surface area contributed by atoms with Crippen LogP contribution in [0.1, 0.15) is 46.6 Å². The zero-order chi connectivity index (χ0) is 24.8. The van der Waals surface area contributed by atoms with Crippen LogP contribution in [-0.4, -0.2) is 29.1 Å². The molecule has 0 saturated carbocycles. The molecule has 0 bridgehead atoms. The molecule has 0 aliphatic rings. The van der Waals surface area contributed by atoms with Crippen molar-refractivity contribution < 1.29 is 19.5 Å². The number of urea groups is 1. The molecule has 7 nitrogen and oxygen atoms in total. The maximum atomic E-state index is 13.4. The van der Waals surface area contributed by atoms with Crippen molar-refractivity contribution in [1.82, 2.24) is 10.6 Å². The Morgan fingerprint density at radius 3 is 2.03 bits per heavy atom. The lowest BCUT2D eigenvalue weighted by Gasteiger charge is -2.43. The topological polar surface area (TPSA) is 108 Å². The number of carboxylic acids is 1. The molecule has 3 amide bonds. The van der Waals surface area contributed by atoms with E-state index in [1.54, 1.807) is 75.4 Å². The molecule has 4 N–H and O–H groups in total. The summed E-state index contributed by atoms with van der Waals surface area (Å²) in [5, 5.41) is 18.5. The van der Waals surface area contributed by atoms with Gasteiger partial charge in [-0.3, -0.25) is 4.79 Å². The number of carboxylic acid groups (broad SMARTS) is 1. The first-order valence-electron chi connectivity index (χ1n) is 10.8. The predicted molar refractivity (Wildman–Crippen MR) is 133 cm³/mol. The number of benzene rings is 2. The van der Waals surface area contributed by atoms with Gasteiger partial charge < -0.3 is 21.1 Å². The van der Waals surface area contributed by atoms with Crippen LogP contribution in [0.2, 0.25) is 0 Å². The molecule has 0 aliphatic heterocycles. The van der Waals surface area contributed by atoms with Crippen LogP contribution >= 0.6 is 15.9 Å². The lowest BCUT2D eigenvalue weighted by atomic mass is 9.69. The van der Waals surface area contributed by atoms with Crippen molar-refractivity contribution in [3.05, 3.63) is 64.6 Å². The first kappa shape index (κ1) is 26.4. The summed E-state index contributed by atoms with van der Waals surface area (Å²) in [6.45, 7) is 9.15. The molecule has 0 aromatic heterocycles. The van der Waals surface area contributed by atoms with E-state index < -0.39 is 34.9 Å². The van der Waals surface area contributed by atoms with E-state index >= 15 is 0 Å². The van der Waals surface area contributed by atoms with Crippen LogP contribution in [0, 0.1) is 11.3 Å². The highest BCUT2D eigenvalue weighted by atomic mass is 79.9. The number of aliphatic carboxylic acids is 1. The lowest BCUT2D eigenvalue weighted by molar-refractivity contribution is -0.154. The fraction of sp³-hybridized carbons (Fsp3) is 0.400. The third-order valence-corrected chi connectivity index (χ3v) is 5.92. The van der Waals surface area contributed by atoms with Crippen molar-refractivity contribution in [1.29, 1.82) is 0 Å². The van der Waals surface area contributed by atoms with Gasteiger partial charge in [-0.15, -0.1) is 0 Å². The van der Waals surface area contributed by atoms with E-state index in [9.17, 15) is 19.5 Å². The Bertz CT molecular complexity index is 971. The highest BCUT2D eigenvalue weighted by Crippen LogP contribution is 2.40. The molecule has 178 valence electrons. The van der Waals surface area contributed by atoms with Crippen LogP contribution in [0.25, 0.3) is 0 Å². The summed E-state index contributed by atoms with van der Waals surface area (Å²) in [7, 11) is 0. The first-order valence-corrected chi connectivity index (χ1v) is 11.6. The van der Waals surface area contributed by atoms with Crippen molar-refractivity contribution in [2.75, 3.05) is 5.32 Å². The van der Waals surface area contributed by atoms with E-state index in [1.807, 2.05) is 13.8 Å². The second kappa shape index (κ2) is 10.8. The normalized spacial score (nSPS) is 14.2. The molecule has 2 rings (SSSR count). The van der Waals surface area contributed by atoms with Gasteiger partial charge in [0.2, 0.25) is 5.91 Å². The van der Waals surface area contributed by atoms with Gasteiger partial charge in [-0.05, 0) is 42.2 Å². The van der Waals surface area contributed by atoms with Crippen LogP contribution in [-0.2, 0) is 15.1 Å². The minimum Gasteiger partial charge on any atom is -0.479 e. The molecule has 0 saturated heterocycles. The molecule has 2 atom stereocenters. The molecule has 0 spiro atoms. The minimum atomic E-state index is -1.69. The maximum Gasteiger partial charge on any atom is 0.334 e.